The summed E-state index contributed by atoms with van der Waals surface area (Å²) in [5.74, 6) is -0.411. The second kappa shape index (κ2) is 11.9. The number of fused-ring (bicyclic) bond motifs is 2. The number of ether oxygens (including phenoxy) is 1. The quantitative estimate of drug-likeness (QED) is 0.0932. The van der Waals surface area contributed by atoms with Crippen LogP contribution in [0.15, 0.2) is 60.1 Å². The summed E-state index contributed by atoms with van der Waals surface area (Å²) in [6, 6.07) is 12.0. The molecule has 15 heteroatoms. The summed E-state index contributed by atoms with van der Waals surface area (Å²) in [6.07, 6.45) is 2.93. The first-order valence-electron chi connectivity index (χ1n) is 13.1. The zero-order valence-electron chi connectivity index (χ0n) is 23.6. The van der Waals surface area contributed by atoms with Crippen LogP contribution in [0.3, 0.4) is 0 Å². The van der Waals surface area contributed by atoms with Gasteiger partial charge in [-0.25, -0.2) is 8.42 Å². The summed E-state index contributed by atoms with van der Waals surface area (Å²) < 4.78 is 33.6. The lowest BCUT2D eigenvalue weighted by Gasteiger charge is -2.18. The van der Waals surface area contributed by atoms with Crippen LogP contribution < -0.4 is 4.31 Å². The fraction of sp³-hybridized carbons (Fsp3) is 0.207. The van der Waals surface area contributed by atoms with E-state index in [1.54, 1.807) is 37.3 Å². The van der Waals surface area contributed by atoms with Crippen molar-refractivity contribution in [1.29, 1.82) is 0 Å². The first kappa shape index (κ1) is 30.9. The summed E-state index contributed by atoms with van der Waals surface area (Å²) in [6.45, 7) is 2.24. The highest BCUT2D eigenvalue weighted by molar-refractivity contribution is 7.92. The van der Waals surface area contributed by atoms with Gasteiger partial charge in [0.15, 0.2) is 0 Å². The maximum atomic E-state index is 12.4. The van der Waals surface area contributed by atoms with Gasteiger partial charge in [-0.3, -0.25) is 29.3 Å². The van der Waals surface area contributed by atoms with Gasteiger partial charge in [-0.05, 0) is 52.8 Å². The standard InChI is InChI=1S/C29H25ClN4O8S2/c1-4-42-28(35)10-19-14-32(15-20-16-43-29-25(20)11-21(30)12-27(29)31(2)44(3,40)41)26-9-17(5-6-24(19)26)18-7-22(33(36)37)13-23(8-18)34(38)39/h5-9,11-14,16H,4,10,15H2,1-3H3. The minimum Gasteiger partial charge on any atom is -0.466 e. The van der Waals surface area contributed by atoms with E-state index in [0.717, 1.165) is 33.4 Å². The van der Waals surface area contributed by atoms with Crippen molar-refractivity contribution in [3.63, 3.8) is 0 Å². The molecule has 12 nitrogen and oxygen atoms in total. The third-order valence-corrected chi connectivity index (χ3v) is 9.62. The average molecular weight is 657 g/mol. The van der Waals surface area contributed by atoms with Gasteiger partial charge in [-0.2, -0.15) is 0 Å². The summed E-state index contributed by atoms with van der Waals surface area (Å²) in [4.78, 5) is 34.1. The number of rotatable bonds is 10. The molecule has 0 spiro atoms. The summed E-state index contributed by atoms with van der Waals surface area (Å²) in [5.41, 5.74) is 2.60. The van der Waals surface area contributed by atoms with Crippen molar-refractivity contribution < 1.29 is 27.8 Å². The molecule has 0 aliphatic rings. The Morgan fingerprint density at radius 3 is 2.30 bits per heavy atom. The number of nitro benzene ring substituents is 2. The van der Waals surface area contributed by atoms with E-state index in [-0.39, 0.29) is 18.6 Å². The maximum Gasteiger partial charge on any atom is 0.310 e. The minimum atomic E-state index is -3.56. The summed E-state index contributed by atoms with van der Waals surface area (Å²) >= 11 is 7.79. The van der Waals surface area contributed by atoms with Crippen LogP contribution >= 0.6 is 22.9 Å². The minimum absolute atomic E-state index is 0.00151. The molecule has 44 heavy (non-hydrogen) atoms. The van der Waals surface area contributed by atoms with Gasteiger partial charge in [0.05, 0.1) is 45.6 Å². The Hall–Kier alpha value is -4.53. The number of hydrogen-bond acceptors (Lipinski definition) is 9. The Bertz CT molecular complexity index is 2060. The summed E-state index contributed by atoms with van der Waals surface area (Å²) in [7, 11) is -2.10. The molecule has 2 aromatic heterocycles. The predicted octanol–water partition coefficient (Wildman–Crippen LogP) is 6.54. The van der Waals surface area contributed by atoms with E-state index in [1.165, 1.54) is 34.8 Å². The normalized spacial score (nSPS) is 11.6. The van der Waals surface area contributed by atoms with Gasteiger partial charge in [0, 0.05) is 53.2 Å². The number of carbonyl (C=O) groups is 1. The van der Waals surface area contributed by atoms with Crippen LogP contribution in [0, 0.1) is 20.2 Å². The molecule has 0 N–H and O–H groups in total. The highest BCUT2D eigenvalue weighted by Gasteiger charge is 2.21. The summed E-state index contributed by atoms with van der Waals surface area (Å²) in [5, 5.41) is 26.8. The Labute approximate surface area is 260 Å². The van der Waals surface area contributed by atoms with Crippen molar-refractivity contribution in [3.05, 3.63) is 96.5 Å². The maximum absolute atomic E-state index is 12.4. The molecule has 0 bridgehead atoms. The van der Waals surface area contributed by atoms with Crippen molar-refractivity contribution in [3.8, 4) is 11.1 Å². The lowest BCUT2D eigenvalue weighted by Crippen LogP contribution is -2.24. The molecule has 0 radical (unpaired) electrons. The number of nitrogens with zero attached hydrogens (tertiary/aromatic N) is 4. The predicted molar refractivity (Wildman–Crippen MR) is 170 cm³/mol. The SMILES string of the molecule is CCOC(=O)Cc1cn(Cc2csc3c(N(C)S(C)(=O)=O)cc(Cl)cc23)c2cc(-c3cc([N+](=O)[O-])cc([N+](=O)[O-])c3)ccc12. The molecule has 3 aromatic carbocycles. The van der Waals surface area contributed by atoms with E-state index in [0.29, 0.717) is 33.9 Å². The number of sulfonamides is 1. The van der Waals surface area contributed by atoms with Crippen LogP contribution in [-0.2, 0) is 32.5 Å². The number of aromatic nitrogens is 1. The number of halogens is 1. The number of nitro groups is 2. The fourth-order valence-corrected chi connectivity index (χ4v) is 6.88. The third kappa shape index (κ3) is 6.09. The first-order chi connectivity index (χ1) is 20.8. The van der Waals surface area contributed by atoms with Gasteiger partial charge in [0.25, 0.3) is 11.4 Å². The average Bonchev–Trinajstić information content (AvgIpc) is 3.52. The van der Waals surface area contributed by atoms with Gasteiger partial charge >= 0.3 is 5.97 Å². The lowest BCUT2D eigenvalue weighted by atomic mass is 10.0. The van der Waals surface area contributed by atoms with Crippen molar-refractivity contribution >= 4 is 77.0 Å². The number of esters is 1. The first-order valence-corrected chi connectivity index (χ1v) is 16.2. The van der Waals surface area contributed by atoms with E-state index in [1.807, 2.05) is 16.1 Å². The molecular formula is C29H25ClN4O8S2. The molecule has 0 saturated heterocycles. The second-order valence-corrected chi connectivity index (χ2v) is 13.4. The molecule has 0 aliphatic heterocycles. The van der Waals surface area contributed by atoms with Crippen molar-refractivity contribution in [2.24, 2.45) is 0 Å². The molecular weight excluding hydrogens is 632 g/mol. The Balaban J connectivity index is 1.67. The second-order valence-electron chi connectivity index (χ2n) is 10.0. The largest absolute Gasteiger partial charge is 0.466 e. The van der Waals surface area contributed by atoms with Crippen molar-refractivity contribution in [2.75, 3.05) is 24.2 Å². The molecule has 0 aliphatic carbocycles. The van der Waals surface area contributed by atoms with Crippen molar-refractivity contribution in [1.82, 2.24) is 4.57 Å². The highest BCUT2D eigenvalue weighted by Crippen LogP contribution is 2.39. The van der Waals surface area contributed by atoms with Gasteiger partial charge in [0.1, 0.15) is 0 Å². The third-order valence-electron chi connectivity index (χ3n) is 7.14. The van der Waals surface area contributed by atoms with Crippen LogP contribution in [0.25, 0.3) is 32.1 Å². The molecule has 5 rings (SSSR count). The van der Waals surface area contributed by atoms with Crippen LogP contribution in [0.2, 0.25) is 5.02 Å². The van der Waals surface area contributed by atoms with Crippen LogP contribution in [0.5, 0.6) is 0 Å². The number of hydrogen-bond donors (Lipinski definition) is 0. The zero-order chi connectivity index (χ0) is 31.9. The Morgan fingerprint density at radius 2 is 1.68 bits per heavy atom. The van der Waals surface area contributed by atoms with E-state index in [4.69, 9.17) is 16.3 Å². The molecule has 0 fully saturated rings. The smallest absolute Gasteiger partial charge is 0.310 e. The number of benzene rings is 3. The van der Waals surface area contributed by atoms with E-state index in [2.05, 4.69) is 0 Å². The Morgan fingerprint density at radius 1 is 1.00 bits per heavy atom. The fourth-order valence-electron chi connectivity index (χ4n) is 5.01. The molecule has 2 heterocycles. The number of thiophene rings is 1. The van der Waals surface area contributed by atoms with Crippen LogP contribution in [0.4, 0.5) is 17.1 Å². The van der Waals surface area contributed by atoms with Crippen LogP contribution in [0.1, 0.15) is 18.1 Å². The Kier molecular flexibility index (Phi) is 8.34. The van der Waals surface area contributed by atoms with Gasteiger partial charge in [-0.1, -0.05) is 23.7 Å². The lowest BCUT2D eigenvalue weighted by molar-refractivity contribution is -0.394. The van der Waals surface area contributed by atoms with Gasteiger partial charge in [-0.15, -0.1) is 11.3 Å². The highest BCUT2D eigenvalue weighted by atomic mass is 35.5. The molecule has 0 amide bonds. The molecule has 5 aromatic rings. The number of carbonyl (C=O) groups excluding carboxylic acids is 1. The van der Waals surface area contributed by atoms with E-state index in [9.17, 15) is 33.4 Å². The van der Waals surface area contributed by atoms with E-state index >= 15 is 0 Å². The molecule has 0 unspecified atom stereocenters. The topological polar surface area (TPSA) is 155 Å². The molecule has 0 atom stereocenters. The number of anilines is 1. The molecule has 0 saturated carbocycles. The van der Waals surface area contributed by atoms with Gasteiger partial charge in [0.2, 0.25) is 10.0 Å². The van der Waals surface area contributed by atoms with Gasteiger partial charge < -0.3 is 9.30 Å². The number of non-ortho nitro benzene ring substituents is 2. The monoisotopic (exact) mass is 656 g/mol. The molecule has 228 valence electrons. The zero-order valence-corrected chi connectivity index (χ0v) is 26.0. The van der Waals surface area contributed by atoms with E-state index < -0.39 is 37.2 Å². The van der Waals surface area contributed by atoms with Crippen LogP contribution in [-0.4, -0.2) is 48.7 Å². The van der Waals surface area contributed by atoms with Crippen molar-refractivity contribution in [2.45, 2.75) is 19.9 Å².